The fourth-order valence-electron chi connectivity index (χ4n) is 5.26. The summed E-state index contributed by atoms with van der Waals surface area (Å²) in [7, 11) is 0. The molecule has 1 aliphatic heterocycles. The highest BCUT2D eigenvalue weighted by atomic mass is 19.4. The predicted octanol–water partition coefficient (Wildman–Crippen LogP) is 5.11. The average Bonchev–Trinajstić information content (AvgIpc) is 3.41. The molecule has 0 radical (unpaired) electrons. The molecule has 1 saturated heterocycles. The van der Waals surface area contributed by atoms with E-state index in [4.69, 9.17) is 0 Å². The minimum Gasteiger partial charge on any atom is -0.368 e. The van der Waals surface area contributed by atoms with Gasteiger partial charge in [-0.1, -0.05) is 0 Å². The van der Waals surface area contributed by atoms with Crippen molar-refractivity contribution in [2.24, 2.45) is 5.92 Å². The van der Waals surface area contributed by atoms with E-state index in [2.05, 4.69) is 20.3 Å². The maximum Gasteiger partial charge on any atom is 0.417 e. The zero-order valence-corrected chi connectivity index (χ0v) is 18.9. The van der Waals surface area contributed by atoms with Crippen LogP contribution in [0.15, 0.2) is 48.9 Å². The van der Waals surface area contributed by atoms with Crippen LogP contribution in [0.25, 0.3) is 11.3 Å². The van der Waals surface area contributed by atoms with E-state index in [0.29, 0.717) is 36.0 Å². The summed E-state index contributed by atoms with van der Waals surface area (Å²) in [6, 6.07) is 6.76. The number of halogens is 4. The number of hydrogen-bond donors (Lipinski definition) is 1. The number of likely N-dealkylation sites (tertiary alicyclic amines) is 1. The van der Waals surface area contributed by atoms with Gasteiger partial charge in [0.05, 0.1) is 11.1 Å². The predicted molar refractivity (Wildman–Crippen MR) is 121 cm³/mol. The first-order valence-corrected chi connectivity index (χ1v) is 11.3. The minimum absolute atomic E-state index is 0.0759. The van der Waals surface area contributed by atoms with Crippen LogP contribution in [0, 0.1) is 18.7 Å². The van der Waals surface area contributed by atoms with Crippen molar-refractivity contribution in [1.29, 1.82) is 0 Å². The van der Waals surface area contributed by atoms with Crippen LogP contribution in [-0.2, 0) is 6.18 Å². The largest absolute Gasteiger partial charge is 0.417 e. The second kappa shape index (κ2) is 8.58. The number of nitrogens with one attached hydrogen (secondary N) is 1. The molecular weight excluding hydrogens is 462 g/mol. The van der Waals surface area contributed by atoms with Crippen molar-refractivity contribution in [2.75, 3.05) is 18.4 Å². The Kier molecular flexibility index (Phi) is 5.69. The molecule has 2 bridgehead atoms. The smallest absolute Gasteiger partial charge is 0.368 e. The van der Waals surface area contributed by atoms with Gasteiger partial charge in [0.25, 0.3) is 5.91 Å². The van der Waals surface area contributed by atoms with Gasteiger partial charge in [-0.15, -0.1) is 0 Å². The van der Waals surface area contributed by atoms with E-state index in [9.17, 15) is 22.4 Å². The highest BCUT2D eigenvalue weighted by Crippen LogP contribution is 2.47. The Balaban J connectivity index is 1.42. The van der Waals surface area contributed by atoms with Gasteiger partial charge in [0.1, 0.15) is 23.0 Å². The van der Waals surface area contributed by atoms with Crippen molar-refractivity contribution >= 4 is 11.7 Å². The van der Waals surface area contributed by atoms with Crippen LogP contribution in [0.3, 0.4) is 0 Å². The highest BCUT2D eigenvalue weighted by molar-refractivity contribution is 6.00. The van der Waals surface area contributed by atoms with Crippen molar-refractivity contribution in [3.05, 3.63) is 71.6 Å². The molecule has 2 unspecified atom stereocenters. The molecule has 6 nitrogen and oxygen atoms in total. The number of aromatic nitrogens is 3. The molecule has 182 valence electrons. The molecule has 3 aromatic rings. The molecule has 1 aliphatic carbocycles. The van der Waals surface area contributed by atoms with Gasteiger partial charge in [0.15, 0.2) is 0 Å². The molecule has 2 fully saturated rings. The Bertz CT molecular complexity index is 1260. The Morgan fingerprint density at radius 3 is 2.69 bits per heavy atom. The van der Waals surface area contributed by atoms with E-state index in [-0.39, 0.29) is 17.3 Å². The van der Waals surface area contributed by atoms with Crippen LogP contribution >= 0.6 is 0 Å². The number of rotatable bonds is 5. The molecule has 5 rings (SSSR count). The molecule has 1 amide bonds. The third-order valence-corrected chi connectivity index (χ3v) is 6.99. The monoisotopic (exact) mass is 485 g/mol. The zero-order valence-electron chi connectivity index (χ0n) is 18.9. The second-order valence-corrected chi connectivity index (χ2v) is 9.22. The van der Waals surface area contributed by atoms with Crippen molar-refractivity contribution in [1.82, 2.24) is 19.9 Å². The van der Waals surface area contributed by atoms with E-state index in [1.807, 2.05) is 0 Å². The van der Waals surface area contributed by atoms with Crippen molar-refractivity contribution < 1.29 is 22.4 Å². The molecule has 1 N–H and O–H groups in total. The zero-order chi connectivity index (χ0) is 24.8. The van der Waals surface area contributed by atoms with Gasteiger partial charge in [0.2, 0.25) is 0 Å². The van der Waals surface area contributed by atoms with Gasteiger partial charge < -0.3 is 10.2 Å². The summed E-state index contributed by atoms with van der Waals surface area (Å²) in [6.45, 7) is 2.67. The first kappa shape index (κ1) is 23.2. The van der Waals surface area contributed by atoms with Crippen LogP contribution in [0.5, 0.6) is 0 Å². The number of amides is 1. The lowest BCUT2D eigenvalue weighted by Gasteiger charge is -2.39. The normalized spacial score (nSPS) is 21.4. The third kappa shape index (κ3) is 4.21. The first-order chi connectivity index (χ1) is 16.7. The molecule has 0 aromatic carbocycles. The van der Waals surface area contributed by atoms with E-state index in [1.54, 1.807) is 17.9 Å². The summed E-state index contributed by atoms with van der Waals surface area (Å²) in [5, 5.41) is 3.12. The van der Waals surface area contributed by atoms with Crippen molar-refractivity contribution in [3.63, 3.8) is 0 Å². The third-order valence-electron chi connectivity index (χ3n) is 6.99. The van der Waals surface area contributed by atoms with Gasteiger partial charge in [0, 0.05) is 37.2 Å². The molecular formula is C25H23F4N5O. The SMILES string of the molecule is Cc1ccnc(C(=O)N2CC3CCC2(CNc2ccc(C(F)(F)F)cn2)C3)c1-c1ncccc1F. The fraction of sp³-hybridized carbons (Fsp3) is 0.360. The minimum atomic E-state index is -4.46. The Morgan fingerprint density at radius 2 is 2.00 bits per heavy atom. The fourth-order valence-corrected chi connectivity index (χ4v) is 5.26. The number of pyridine rings is 3. The summed E-state index contributed by atoms with van der Waals surface area (Å²) >= 11 is 0. The lowest BCUT2D eigenvalue weighted by molar-refractivity contribution is -0.137. The first-order valence-electron chi connectivity index (χ1n) is 11.3. The molecule has 10 heteroatoms. The van der Waals surface area contributed by atoms with E-state index in [0.717, 1.165) is 31.5 Å². The summed E-state index contributed by atoms with van der Waals surface area (Å²) in [4.78, 5) is 28.0. The summed E-state index contributed by atoms with van der Waals surface area (Å²) < 4.78 is 53.1. The van der Waals surface area contributed by atoms with Gasteiger partial charge in [-0.2, -0.15) is 13.2 Å². The Morgan fingerprint density at radius 1 is 1.17 bits per heavy atom. The van der Waals surface area contributed by atoms with Crippen LogP contribution in [-0.4, -0.2) is 44.4 Å². The van der Waals surface area contributed by atoms with E-state index < -0.39 is 23.1 Å². The van der Waals surface area contributed by atoms with Crippen molar-refractivity contribution in [3.8, 4) is 11.3 Å². The van der Waals surface area contributed by atoms with E-state index in [1.165, 1.54) is 30.6 Å². The summed E-state index contributed by atoms with van der Waals surface area (Å²) in [5.74, 6) is -0.218. The van der Waals surface area contributed by atoms with Gasteiger partial charge in [-0.3, -0.25) is 14.8 Å². The number of hydrogen-bond acceptors (Lipinski definition) is 5. The number of fused-ring (bicyclic) bond motifs is 2. The summed E-state index contributed by atoms with van der Waals surface area (Å²) in [6.07, 6.45) is 1.80. The number of aryl methyl sites for hydroxylation is 1. The van der Waals surface area contributed by atoms with Crippen LogP contribution < -0.4 is 5.32 Å². The van der Waals surface area contributed by atoms with Gasteiger partial charge in [-0.05, 0) is 68.0 Å². The number of anilines is 1. The molecule has 35 heavy (non-hydrogen) atoms. The quantitative estimate of drug-likeness (QED) is 0.509. The Hall–Kier alpha value is -3.56. The van der Waals surface area contributed by atoms with Crippen LogP contribution in [0.1, 0.15) is 40.9 Å². The molecule has 4 heterocycles. The molecule has 1 saturated carbocycles. The van der Waals surface area contributed by atoms with Crippen molar-refractivity contribution in [2.45, 2.75) is 37.9 Å². The number of nitrogens with zero attached hydrogens (tertiary/aromatic N) is 4. The number of alkyl halides is 3. The highest BCUT2D eigenvalue weighted by Gasteiger charge is 2.53. The molecule has 2 atom stereocenters. The Labute approximate surface area is 199 Å². The molecule has 0 spiro atoms. The van der Waals surface area contributed by atoms with Crippen LogP contribution in [0.4, 0.5) is 23.4 Å². The van der Waals surface area contributed by atoms with E-state index >= 15 is 0 Å². The lowest BCUT2D eigenvalue weighted by atomic mass is 9.95. The summed E-state index contributed by atoms with van der Waals surface area (Å²) in [5.41, 5.74) is -0.0802. The number of piperidine rings is 1. The standard InChI is InChI=1S/C25H23F4N5O/c1-15-7-10-31-22(20(15)21-18(26)3-2-9-30-21)23(35)34-13-16-6-8-24(34,11-16)14-33-19-5-4-17(12-32-19)25(27,28)29/h2-5,7,9-10,12,16H,6,8,11,13-14H2,1H3,(H,32,33). The van der Waals surface area contributed by atoms with Gasteiger partial charge >= 0.3 is 6.18 Å². The lowest BCUT2D eigenvalue weighted by Crippen LogP contribution is -2.52. The second-order valence-electron chi connectivity index (χ2n) is 9.22. The maximum absolute atomic E-state index is 14.6. The maximum atomic E-state index is 14.6. The molecule has 2 aliphatic rings. The topological polar surface area (TPSA) is 71.0 Å². The number of carbonyl (C=O) groups excluding carboxylic acids is 1. The number of carbonyl (C=O) groups is 1. The average molecular weight is 485 g/mol. The van der Waals surface area contributed by atoms with Crippen LogP contribution in [0.2, 0.25) is 0 Å². The molecule has 3 aromatic heterocycles. The van der Waals surface area contributed by atoms with Gasteiger partial charge in [-0.25, -0.2) is 9.37 Å².